The molecule has 0 aliphatic heterocycles. The number of aliphatic hydroxyl groups is 2. The van der Waals surface area contributed by atoms with E-state index in [1.54, 1.807) is 11.8 Å². The number of ether oxygens (including phenoxy) is 1. The number of benzene rings is 1. The van der Waals surface area contributed by atoms with Crippen molar-refractivity contribution in [3.05, 3.63) is 29.8 Å². The lowest BCUT2D eigenvalue weighted by atomic mass is 10.2. The molecule has 1 unspecified atom stereocenters. The van der Waals surface area contributed by atoms with Crippen molar-refractivity contribution in [3.8, 4) is 17.6 Å². The third kappa shape index (κ3) is 7.12. The molecule has 104 valence electrons. The predicted molar refractivity (Wildman–Crippen MR) is 79.5 cm³/mol. The van der Waals surface area contributed by atoms with Gasteiger partial charge in [-0.25, -0.2) is 0 Å². The summed E-state index contributed by atoms with van der Waals surface area (Å²) in [5, 5.41) is 17.5. The van der Waals surface area contributed by atoms with E-state index in [4.69, 9.17) is 14.9 Å². The molecule has 1 aromatic rings. The Morgan fingerprint density at radius 2 is 2.21 bits per heavy atom. The molecule has 2 N–H and O–H groups in total. The Hall–Kier alpha value is -1.15. The summed E-state index contributed by atoms with van der Waals surface area (Å²) in [6, 6.07) is 7.53. The average molecular weight is 280 g/mol. The van der Waals surface area contributed by atoms with Crippen LogP contribution in [0.1, 0.15) is 12.5 Å². The second-order valence-electron chi connectivity index (χ2n) is 4.20. The fourth-order valence-corrected chi connectivity index (χ4v) is 2.24. The Labute approximate surface area is 119 Å². The molecule has 4 heteroatoms. The maximum absolute atomic E-state index is 8.90. The molecule has 19 heavy (non-hydrogen) atoms. The van der Waals surface area contributed by atoms with Crippen LogP contribution in [0.5, 0.6) is 5.75 Å². The van der Waals surface area contributed by atoms with E-state index in [9.17, 15) is 0 Å². The molecule has 0 fully saturated rings. The predicted octanol–water partition coefficient (Wildman–Crippen LogP) is 1.77. The van der Waals surface area contributed by atoms with Gasteiger partial charge in [-0.15, -0.1) is 0 Å². The topological polar surface area (TPSA) is 49.7 Å². The molecular formula is C15H20O3S. The molecule has 1 rings (SSSR count). The van der Waals surface area contributed by atoms with Gasteiger partial charge in [-0.2, -0.15) is 11.8 Å². The van der Waals surface area contributed by atoms with Crippen molar-refractivity contribution >= 4 is 11.8 Å². The van der Waals surface area contributed by atoms with Gasteiger partial charge in [0.15, 0.2) is 0 Å². The second-order valence-corrected chi connectivity index (χ2v) is 5.35. The highest BCUT2D eigenvalue weighted by Gasteiger charge is 2.00. The minimum atomic E-state index is -0.134. The van der Waals surface area contributed by atoms with Crippen molar-refractivity contribution < 1.29 is 14.9 Å². The van der Waals surface area contributed by atoms with Crippen LogP contribution in [0.4, 0.5) is 0 Å². The number of rotatable bonds is 7. The summed E-state index contributed by atoms with van der Waals surface area (Å²) < 4.78 is 5.63. The Morgan fingerprint density at radius 1 is 1.37 bits per heavy atom. The average Bonchev–Trinajstić information content (AvgIpc) is 2.45. The zero-order valence-electron chi connectivity index (χ0n) is 11.1. The van der Waals surface area contributed by atoms with Gasteiger partial charge >= 0.3 is 0 Å². The first-order valence-electron chi connectivity index (χ1n) is 6.27. The molecule has 1 aromatic carbocycles. The smallest absolute Gasteiger partial charge is 0.120 e. The molecule has 0 spiro atoms. The van der Waals surface area contributed by atoms with Gasteiger partial charge in [0.05, 0.1) is 6.61 Å². The minimum Gasteiger partial charge on any atom is -0.493 e. The zero-order valence-corrected chi connectivity index (χ0v) is 11.9. The Bertz CT molecular complexity index is 423. The highest BCUT2D eigenvalue weighted by atomic mass is 32.2. The number of thioether (sulfide) groups is 1. The standard InChI is InChI=1S/C15H20O3S/c1-13(11-17)12-19-9-8-18-15-6-2-4-14(10-15)5-3-7-16/h2,4,6,10,13,16-17H,7-9,11-12H2,1H3. The Morgan fingerprint density at radius 3 is 2.95 bits per heavy atom. The first-order chi connectivity index (χ1) is 9.26. The number of aliphatic hydroxyl groups excluding tert-OH is 2. The summed E-state index contributed by atoms with van der Waals surface area (Å²) in [5.74, 6) is 8.43. The van der Waals surface area contributed by atoms with E-state index in [1.165, 1.54) is 0 Å². The normalized spacial score (nSPS) is 11.5. The van der Waals surface area contributed by atoms with Crippen LogP contribution in [-0.4, -0.2) is 41.5 Å². The van der Waals surface area contributed by atoms with Crippen molar-refractivity contribution in [1.82, 2.24) is 0 Å². The molecule has 0 aromatic heterocycles. The van der Waals surface area contributed by atoms with Gasteiger partial charge < -0.3 is 14.9 Å². The maximum atomic E-state index is 8.90. The van der Waals surface area contributed by atoms with Gasteiger partial charge in [0.1, 0.15) is 12.4 Å². The Balaban J connectivity index is 2.29. The van der Waals surface area contributed by atoms with Gasteiger partial charge in [-0.3, -0.25) is 0 Å². The van der Waals surface area contributed by atoms with Crippen LogP contribution in [-0.2, 0) is 0 Å². The van der Waals surface area contributed by atoms with Crippen LogP contribution in [0.3, 0.4) is 0 Å². The molecule has 0 saturated heterocycles. The first-order valence-corrected chi connectivity index (χ1v) is 7.43. The summed E-state index contributed by atoms with van der Waals surface area (Å²) >= 11 is 1.78. The minimum absolute atomic E-state index is 0.134. The van der Waals surface area contributed by atoms with E-state index in [0.29, 0.717) is 12.5 Å². The Kier molecular flexibility index (Phi) is 8.15. The van der Waals surface area contributed by atoms with Crippen LogP contribution in [0, 0.1) is 17.8 Å². The fourth-order valence-electron chi connectivity index (χ4n) is 1.36. The molecule has 0 aliphatic carbocycles. The van der Waals surface area contributed by atoms with E-state index in [2.05, 4.69) is 11.8 Å². The first kappa shape index (κ1) is 15.9. The molecular weight excluding hydrogens is 260 g/mol. The van der Waals surface area contributed by atoms with Gasteiger partial charge in [0.2, 0.25) is 0 Å². The van der Waals surface area contributed by atoms with Crippen molar-refractivity contribution in [2.75, 3.05) is 31.3 Å². The monoisotopic (exact) mass is 280 g/mol. The number of hydrogen-bond acceptors (Lipinski definition) is 4. The lowest BCUT2D eigenvalue weighted by molar-refractivity contribution is 0.250. The van der Waals surface area contributed by atoms with Crippen LogP contribution in [0.15, 0.2) is 24.3 Å². The summed E-state index contributed by atoms with van der Waals surface area (Å²) in [5.41, 5.74) is 0.841. The van der Waals surface area contributed by atoms with Crippen molar-refractivity contribution in [2.45, 2.75) is 6.92 Å². The van der Waals surface area contributed by atoms with Crippen molar-refractivity contribution in [3.63, 3.8) is 0 Å². The summed E-state index contributed by atoms with van der Waals surface area (Å²) in [7, 11) is 0. The van der Waals surface area contributed by atoms with Gasteiger partial charge in [0.25, 0.3) is 0 Å². The molecule has 0 bridgehead atoms. The molecule has 0 aliphatic rings. The fraction of sp³-hybridized carbons (Fsp3) is 0.467. The van der Waals surface area contributed by atoms with E-state index in [-0.39, 0.29) is 13.2 Å². The number of hydrogen-bond donors (Lipinski definition) is 2. The van der Waals surface area contributed by atoms with E-state index < -0.39 is 0 Å². The van der Waals surface area contributed by atoms with Gasteiger partial charge in [-0.1, -0.05) is 24.8 Å². The van der Waals surface area contributed by atoms with Crippen molar-refractivity contribution in [2.24, 2.45) is 5.92 Å². The van der Waals surface area contributed by atoms with Crippen LogP contribution in [0.2, 0.25) is 0 Å². The summed E-state index contributed by atoms with van der Waals surface area (Å²) in [6.45, 7) is 2.76. The van der Waals surface area contributed by atoms with Gasteiger partial charge in [-0.05, 0) is 29.9 Å². The molecule has 0 heterocycles. The van der Waals surface area contributed by atoms with Crippen molar-refractivity contribution in [1.29, 1.82) is 0 Å². The SMILES string of the molecule is CC(CO)CSCCOc1cccc(C#CCO)c1. The van der Waals surface area contributed by atoms with E-state index in [1.807, 2.05) is 31.2 Å². The molecule has 0 saturated carbocycles. The van der Waals surface area contributed by atoms with Crippen LogP contribution in [0.25, 0.3) is 0 Å². The lowest BCUT2D eigenvalue weighted by Gasteiger charge is -2.08. The highest BCUT2D eigenvalue weighted by molar-refractivity contribution is 7.99. The molecule has 3 nitrogen and oxygen atoms in total. The largest absolute Gasteiger partial charge is 0.493 e. The molecule has 0 radical (unpaired) electrons. The van der Waals surface area contributed by atoms with Crippen LogP contribution >= 0.6 is 11.8 Å². The zero-order chi connectivity index (χ0) is 13.9. The quantitative estimate of drug-likeness (QED) is 0.590. The second kappa shape index (κ2) is 9.74. The highest BCUT2D eigenvalue weighted by Crippen LogP contribution is 2.14. The molecule has 0 amide bonds. The molecule has 1 atom stereocenters. The maximum Gasteiger partial charge on any atom is 0.120 e. The summed E-state index contributed by atoms with van der Waals surface area (Å²) in [4.78, 5) is 0. The van der Waals surface area contributed by atoms with Crippen LogP contribution < -0.4 is 4.74 Å². The van der Waals surface area contributed by atoms with E-state index >= 15 is 0 Å². The van der Waals surface area contributed by atoms with E-state index in [0.717, 1.165) is 22.8 Å². The summed E-state index contributed by atoms with van der Waals surface area (Å²) in [6.07, 6.45) is 0. The third-order valence-electron chi connectivity index (χ3n) is 2.36. The van der Waals surface area contributed by atoms with Gasteiger partial charge in [0, 0.05) is 17.9 Å². The third-order valence-corrected chi connectivity index (χ3v) is 3.62. The lowest BCUT2D eigenvalue weighted by Crippen LogP contribution is -2.06.